The van der Waals surface area contributed by atoms with Gasteiger partial charge in [0.25, 0.3) is 0 Å². The van der Waals surface area contributed by atoms with E-state index in [9.17, 15) is 9.59 Å². The quantitative estimate of drug-likeness (QED) is 0.572. The van der Waals surface area contributed by atoms with Gasteiger partial charge in [0.15, 0.2) is 5.71 Å². The van der Waals surface area contributed by atoms with Gasteiger partial charge in [-0.2, -0.15) is 0 Å². The molecule has 148 valence electrons. The molecule has 2 rings (SSSR count). The highest BCUT2D eigenvalue weighted by atomic mass is 35.5. The van der Waals surface area contributed by atoms with Gasteiger partial charge in [-0.15, -0.1) is 0 Å². The number of nitrogen functional groups attached to an aromatic ring is 1. The summed E-state index contributed by atoms with van der Waals surface area (Å²) in [6.45, 7) is 6.32. The lowest BCUT2D eigenvalue weighted by Crippen LogP contribution is -2.47. The number of halogens is 1. The summed E-state index contributed by atoms with van der Waals surface area (Å²) in [5, 5.41) is 20.2. The highest BCUT2D eigenvalue weighted by Crippen LogP contribution is 2.31. The molecule has 27 heavy (non-hydrogen) atoms. The third-order valence-electron chi connectivity index (χ3n) is 3.95. The number of aliphatic carboxylic acids is 1. The monoisotopic (exact) mass is 397 g/mol. The van der Waals surface area contributed by atoms with Gasteiger partial charge in [0, 0.05) is 19.1 Å². The fourth-order valence-electron chi connectivity index (χ4n) is 2.80. The fourth-order valence-corrected chi connectivity index (χ4v) is 2.99. The molecule has 5 N–H and O–H groups in total. The highest BCUT2D eigenvalue weighted by Gasteiger charge is 2.29. The number of likely N-dealkylation sites (tertiary alicyclic amines) is 1. The van der Waals surface area contributed by atoms with Crippen LogP contribution in [0, 0.1) is 5.41 Å². The number of hydrogen-bond donors (Lipinski definition) is 4. The molecule has 9 nitrogen and oxygen atoms in total. The molecule has 1 saturated heterocycles. The van der Waals surface area contributed by atoms with Gasteiger partial charge in [-0.3, -0.25) is 5.41 Å². The predicted molar refractivity (Wildman–Crippen MR) is 103 cm³/mol. The van der Waals surface area contributed by atoms with Crippen LogP contribution in [-0.2, 0) is 9.53 Å². The first-order chi connectivity index (χ1) is 12.5. The van der Waals surface area contributed by atoms with Crippen molar-refractivity contribution >= 4 is 40.9 Å². The molecule has 1 amide bonds. The third kappa shape index (κ3) is 5.22. The lowest BCUT2D eigenvalue weighted by Gasteiger charge is -2.35. The number of nitrogens with one attached hydrogen (secondary N) is 2. The Hall–Kier alpha value is -2.55. The second-order valence-corrected chi connectivity index (χ2v) is 7.74. The Morgan fingerprint density at radius 1 is 1.48 bits per heavy atom. The second-order valence-electron chi connectivity index (χ2n) is 7.33. The van der Waals surface area contributed by atoms with Crippen LogP contribution in [-0.4, -0.2) is 57.5 Å². The zero-order chi connectivity index (χ0) is 20.4. The van der Waals surface area contributed by atoms with Gasteiger partial charge in [-0.25, -0.2) is 14.6 Å². The molecule has 1 aromatic rings. The average Bonchev–Trinajstić information content (AvgIpc) is 2.56. The van der Waals surface area contributed by atoms with Crippen molar-refractivity contribution in [3.05, 3.63) is 16.8 Å². The Kier molecular flexibility index (Phi) is 6.15. The van der Waals surface area contributed by atoms with Gasteiger partial charge >= 0.3 is 12.1 Å². The smallest absolute Gasteiger partial charge is 0.410 e. The predicted octanol–water partition coefficient (Wildman–Crippen LogP) is 2.58. The van der Waals surface area contributed by atoms with Crippen LogP contribution in [0.1, 0.15) is 39.2 Å². The van der Waals surface area contributed by atoms with Gasteiger partial charge in [0.05, 0.1) is 22.5 Å². The Balaban J connectivity index is 2.22. The van der Waals surface area contributed by atoms with E-state index in [2.05, 4.69) is 10.3 Å². The SMILES string of the molecule is CC(C)(C)OC(=O)N1CCC[C@@H](Nc2c(Cl)cnc(N)c2C(=N)C(=O)O)C1. The van der Waals surface area contributed by atoms with Crippen molar-refractivity contribution in [2.75, 3.05) is 24.1 Å². The Morgan fingerprint density at radius 2 is 2.15 bits per heavy atom. The molecule has 2 heterocycles. The Morgan fingerprint density at radius 3 is 2.74 bits per heavy atom. The van der Waals surface area contributed by atoms with Crippen molar-refractivity contribution in [1.29, 1.82) is 5.41 Å². The van der Waals surface area contributed by atoms with Gasteiger partial charge in [-0.05, 0) is 33.6 Å². The molecule has 1 aliphatic heterocycles. The van der Waals surface area contributed by atoms with E-state index in [4.69, 9.17) is 32.6 Å². The molecule has 0 spiro atoms. The zero-order valence-corrected chi connectivity index (χ0v) is 16.3. The molecule has 0 aliphatic carbocycles. The van der Waals surface area contributed by atoms with Crippen molar-refractivity contribution in [2.45, 2.75) is 45.3 Å². The van der Waals surface area contributed by atoms with Crippen LogP contribution >= 0.6 is 11.6 Å². The summed E-state index contributed by atoms with van der Waals surface area (Å²) in [7, 11) is 0. The van der Waals surface area contributed by atoms with Crippen LogP contribution in [0.15, 0.2) is 6.20 Å². The first-order valence-electron chi connectivity index (χ1n) is 8.50. The molecule has 0 saturated carbocycles. The number of pyridine rings is 1. The molecule has 0 unspecified atom stereocenters. The summed E-state index contributed by atoms with van der Waals surface area (Å²) in [5.41, 5.74) is 4.65. The molecule has 1 aliphatic rings. The van der Waals surface area contributed by atoms with E-state index in [1.165, 1.54) is 6.20 Å². The van der Waals surface area contributed by atoms with E-state index < -0.39 is 23.4 Å². The number of carboxylic acid groups (broad SMARTS) is 1. The number of aromatic nitrogens is 1. The van der Waals surface area contributed by atoms with E-state index in [-0.39, 0.29) is 28.1 Å². The number of nitrogens with zero attached hydrogens (tertiary/aromatic N) is 2. The maximum absolute atomic E-state index is 12.3. The third-order valence-corrected chi connectivity index (χ3v) is 4.23. The molecule has 1 fully saturated rings. The minimum atomic E-state index is -1.44. The first-order valence-corrected chi connectivity index (χ1v) is 8.88. The summed E-state index contributed by atoms with van der Waals surface area (Å²) in [5.74, 6) is -1.54. The highest BCUT2D eigenvalue weighted by molar-refractivity contribution is 6.45. The molecule has 0 bridgehead atoms. The van der Waals surface area contributed by atoms with Gasteiger partial charge in [0.1, 0.15) is 11.4 Å². The minimum absolute atomic E-state index is 0.0654. The Labute approximate surface area is 162 Å². The first kappa shape index (κ1) is 20.8. The van der Waals surface area contributed by atoms with Crippen LogP contribution in [0.25, 0.3) is 0 Å². The summed E-state index contributed by atoms with van der Waals surface area (Å²) < 4.78 is 5.40. The number of anilines is 2. The van der Waals surface area contributed by atoms with Crippen LogP contribution in [0.3, 0.4) is 0 Å². The summed E-state index contributed by atoms with van der Waals surface area (Å²) in [6.07, 6.45) is 2.36. The lowest BCUT2D eigenvalue weighted by atomic mass is 10.0. The van der Waals surface area contributed by atoms with E-state index >= 15 is 0 Å². The molecule has 0 radical (unpaired) electrons. The molecular weight excluding hydrogens is 374 g/mol. The van der Waals surface area contributed by atoms with Crippen LogP contribution < -0.4 is 11.1 Å². The van der Waals surface area contributed by atoms with Crippen LogP contribution in [0.5, 0.6) is 0 Å². The van der Waals surface area contributed by atoms with E-state index in [0.717, 1.165) is 12.8 Å². The van der Waals surface area contributed by atoms with E-state index in [1.54, 1.807) is 25.7 Å². The minimum Gasteiger partial charge on any atom is -0.477 e. The normalized spacial score (nSPS) is 17.3. The summed E-state index contributed by atoms with van der Waals surface area (Å²) in [4.78, 5) is 29.0. The van der Waals surface area contributed by atoms with E-state index in [1.807, 2.05) is 0 Å². The topological polar surface area (TPSA) is 142 Å². The number of amides is 1. The number of carbonyl (C=O) groups is 2. The lowest BCUT2D eigenvalue weighted by molar-refractivity contribution is -0.129. The standard InChI is InChI=1S/C17H24ClN5O4/c1-17(2,3)27-16(26)23-6-4-5-9(8-23)22-13-10(18)7-21-14(20)11(13)12(19)15(24)25/h7,9,19H,4-6,8H2,1-3H3,(H,24,25)(H3,20,21,22)/t9-/m1/s1. The summed E-state index contributed by atoms with van der Waals surface area (Å²) in [6, 6.07) is -0.203. The van der Waals surface area contributed by atoms with Crippen molar-refractivity contribution in [3.8, 4) is 0 Å². The van der Waals surface area contributed by atoms with E-state index in [0.29, 0.717) is 13.1 Å². The number of piperidine rings is 1. The van der Waals surface area contributed by atoms with Crippen molar-refractivity contribution in [2.24, 2.45) is 0 Å². The molecule has 1 aromatic heterocycles. The summed E-state index contributed by atoms with van der Waals surface area (Å²) >= 11 is 6.18. The number of hydrogen-bond acceptors (Lipinski definition) is 7. The number of rotatable bonds is 4. The molecule has 0 aromatic carbocycles. The molecule has 10 heteroatoms. The number of nitrogens with two attached hydrogens (primary N) is 1. The number of carbonyl (C=O) groups excluding carboxylic acids is 1. The molecule has 1 atom stereocenters. The van der Waals surface area contributed by atoms with Crippen LogP contribution in [0.2, 0.25) is 5.02 Å². The van der Waals surface area contributed by atoms with Gasteiger partial charge in [-0.1, -0.05) is 11.6 Å². The maximum atomic E-state index is 12.3. The van der Waals surface area contributed by atoms with Gasteiger partial charge < -0.3 is 25.8 Å². The zero-order valence-electron chi connectivity index (χ0n) is 15.5. The number of ether oxygens (including phenoxy) is 1. The van der Waals surface area contributed by atoms with Crippen molar-refractivity contribution in [3.63, 3.8) is 0 Å². The van der Waals surface area contributed by atoms with Crippen molar-refractivity contribution < 1.29 is 19.4 Å². The largest absolute Gasteiger partial charge is 0.477 e. The van der Waals surface area contributed by atoms with Crippen molar-refractivity contribution in [1.82, 2.24) is 9.88 Å². The average molecular weight is 398 g/mol. The molecular formula is C17H24ClN5O4. The number of carboxylic acids is 1. The maximum Gasteiger partial charge on any atom is 0.410 e. The van der Waals surface area contributed by atoms with Crippen LogP contribution in [0.4, 0.5) is 16.3 Å². The fraction of sp³-hybridized carbons (Fsp3) is 0.529. The second kappa shape index (κ2) is 7.99. The Bertz CT molecular complexity index is 762. The van der Waals surface area contributed by atoms with Gasteiger partial charge in [0.2, 0.25) is 0 Å².